The van der Waals surface area contributed by atoms with Crippen molar-refractivity contribution in [3.8, 4) is 11.5 Å². The van der Waals surface area contributed by atoms with E-state index in [9.17, 15) is 5.11 Å². The molecule has 1 N–H and O–H groups in total. The van der Waals surface area contributed by atoms with Gasteiger partial charge in [0.25, 0.3) is 0 Å². The maximum absolute atomic E-state index is 9.74. The number of allylic oxidation sites excluding steroid dienone is 1. The van der Waals surface area contributed by atoms with Crippen molar-refractivity contribution in [2.45, 2.75) is 28.2 Å². The highest BCUT2D eigenvalue weighted by Gasteiger charge is 2.13. The van der Waals surface area contributed by atoms with Gasteiger partial charge in [0.15, 0.2) is 0 Å². The van der Waals surface area contributed by atoms with Crippen LogP contribution < -0.4 is 4.74 Å². The molecule has 3 aromatic rings. The van der Waals surface area contributed by atoms with Gasteiger partial charge in [0.1, 0.15) is 18.1 Å². The molecule has 0 saturated heterocycles. The molecule has 3 heteroatoms. The number of nitrogens with zero attached hydrogens (tertiary/aromatic N) is 1. The molecular weight excluding hydrogens is 382 g/mol. The van der Waals surface area contributed by atoms with Gasteiger partial charge in [0.05, 0.1) is 0 Å². The maximum atomic E-state index is 9.74. The van der Waals surface area contributed by atoms with Gasteiger partial charge in [0.2, 0.25) is 0 Å². The number of hydrogen-bond donors (Lipinski definition) is 1. The Morgan fingerprint density at radius 2 is 1.32 bits per heavy atom. The van der Waals surface area contributed by atoms with E-state index in [1.54, 1.807) is 12.1 Å². The monoisotopic (exact) mass is 419 g/mol. The molecule has 0 radical (unpaired) electrons. The van der Waals surface area contributed by atoms with Crippen LogP contribution in [0.1, 0.15) is 44.9 Å². The average Bonchev–Trinajstić information content (AvgIpc) is 2.74. The lowest BCUT2D eigenvalue weighted by molar-refractivity contribution is 0.261. The smallest absolute Gasteiger partial charge is 0.119 e. The molecule has 31 heavy (non-hydrogen) atoms. The van der Waals surface area contributed by atoms with E-state index in [0.717, 1.165) is 29.8 Å². The van der Waals surface area contributed by atoms with E-state index in [1.165, 1.54) is 16.7 Å². The number of ether oxygens (including phenoxy) is 1. The number of likely N-dealkylation sites (N-methyl/N-ethyl adjacent to an activating group) is 1. The lowest BCUT2D eigenvalue weighted by atomic mass is 9.88. The Morgan fingerprint density at radius 3 is 1.84 bits per heavy atom. The van der Waals surface area contributed by atoms with Crippen molar-refractivity contribution in [3.05, 3.63) is 95.6 Å². The second-order valence-electron chi connectivity index (χ2n) is 7.30. The minimum absolute atomic E-state index is 0. The SMILES string of the molecule is C.C.CC/C(=C(\c1ccc(O)cc1)c1ccc(OCCN(C)C)cc1)c1ccccc1. The van der Waals surface area contributed by atoms with E-state index in [0.29, 0.717) is 6.61 Å². The first-order valence-electron chi connectivity index (χ1n) is 10.0. The van der Waals surface area contributed by atoms with Gasteiger partial charge in [-0.25, -0.2) is 0 Å². The molecule has 0 amide bonds. The molecule has 0 aromatic heterocycles. The summed E-state index contributed by atoms with van der Waals surface area (Å²) in [5, 5.41) is 9.74. The average molecular weight is 420 g/mol. The largest absolute Gasteiger partial charge is 0.508 e. The molecule has 0 fully saturated rings. The van der Waals surface area contributed by atoms with E-state index >= 15 is 0 Å². The molecule has 0 spiro atoms. The number of hydrogen-bond acceptors (Lipinski definition) is 3. The topological polar surface area (TPSA) is 32.7 Å². The van der Waals surface area contributed by atoms with Crippen LogP contribution in [0, 0.1) is 0 Å². The van der Waals surface area contributed by atoms with E-state index in [-0.39, 0.29) is 20.6 Å². The van der Waals surface area contributed by atoms with Gasteiger partial charge in [-0.2, -0.15) is 0 Å². The van der Waals surface area contributed by atoms with E-state index in [2.05, 4.69) is 48.2 Å². The molecule has 0 atom stereocenters. The molecule has 0 aliphatic rings. The highest BCUT2D eigenvalue weighted by atomic mass is 16.5. The van der Waals surface area contributed by atoms with Crippen LogP contribution in [0.15, 0.2) is 78.9 Å². The predicted octanol–water partition coefficient (Wildman–Crippen LogP) is 6.97. The zero-order valence-electron chi connectivity index (χ0n) is 17.4. The van der Waals surface area contributed by atoms with Gasteiger partial charge in [-0.05, 0) is 72.6 Å². The van der Waals surface area contributed by atoms with Crippen molar-refractivity contribution < 1.29 is 9.84 Å². The molecular formula is C28H37NO2. The van der Waals surface area contributed by atoms with Crippen LogP contribution in [0.2, 0.25) is 0 Å². The van der Waals surface area contributed by atoms with Gasteiger partial charge < -0.3 is 14.7 Å². The number of phenolic OH excluding ortho intramolecular Hbond substituents is 1. The Kier molecular flexibility index (Phi) is 10.6. The first-order chi connectivity index (χ1) is 14.1. The van der Waals surface area contributed by atoms with Crippen molar-refractivity contribution in [1.82, 2.24) is 4.90 Å². The van der Waals surface area contributed by atoms with Gasteiger partial charge in [-0.15, -0.1) is 0 Å². The fourth-order valence-corrected chi connectivity index (χ4v) is 3.37. The van der Waals surface area contributed by atoms with Crippen molar-refractivity contribution in [3.63, 3.8) is 0 Å². The molecule has 166 valence electrons. The summed E-state index contributed by atoms with van der Waals surface area (Å²) in [6.45, 7) is 3.73. The minimum Gasteiger partial charge on any atom is -0.508 e. The first-order valence-corrected chi connectivity index (χ1v) is 10.0. The van der Waals surface area contributed by atoms with E-state index in [4.69, 9.17) is 4.74 Å². The van der Waals surface area contributed by atoms with Gasteiger partial charge in [-0.1, -0.05) is 76.4 Å². The maximum Gasteiger partial charge on any atom is 0.119 e. The van der Waals surface area contributed by atoms with Crippen LogP contribution in [-0.2, 0) is 0 Å². The third-order valence-corrected chi connectivity index (χ3v) is 4.88. The highest BCUT2D eigenvalue weighted by Crippen LogP contribution is 2.35. The summed E-state index contributed by atoms with van der Waals surface area (Å²) in [5.74, 6) is 1.15. The van der Waals surface area contributed by atoms with E-state index < -0.39 is 0 Å². The second-order valence-corrected chi connectivity index (χ2v) is 7.30. The number of benzene rings is 3. The zero-order valence-corrected chi connectivity index (χ0v) is 17.4. The van der Waals surface area contributed by atoms with Crippen molar-refractivity contribution in [2.75, 3.05) is 27.2 Å². The molecule has 0 bridgehead atoms. The van der Waals surface area contributed by atoms with Crippen LogP contribution in [-0.4, -0.2) is 37.3 Å². The third kappa shape index (κ3) is 7.01. The van der Waals surface area contributed by atoms with Gasteiger partial charge >= 0.3 is 0 Å². The van der Waals surface area contributed by atoms with E-state index in [1.807, 2.05) is 44.4 Å². The lowest BCUT2D eigenvalue weighted by Gasteiger charge is -2.17. The van der Waals surface area contributed by atoms with Crippen molar-refractivity contribution in [2.24, 2.45) is 0 Å². The standard InChI is InChI=1S/C26H29NO2.2CH4/c1-4-25(20-8-6-5-7-9-20)26(21-10-14-23(28)15-11-21)22-12-16-24(17-13-22)29-19-18-27(2)3;;/h5-17,28H,4,18-19H2,1-3H3;2*1H4/b26-25-;;. The van der Waals surface area contributed by atoms with Crippen LogP contribution in [0.5, 0.6) is 11.5 Å². The fourth-order valence-electron chi connectivity index (χ4n) is 3.37. The predicted molar refractivity (Wildman–Crippen MR) is 135 cm³/mol. The van der Waals surface area contributed by atoms with Crippen LogP contribution in [0.4, 0.5) is 0 Å². The normalized spacial score (nSPS) is 11.2. The molecule has 0 unspecified atom stereocenters. The lowest BCUT2D eigenvalue weighted by Crippen LogP contribution is -2.19. The summed E-state index contributed by atoms with van der Waals surface area (Å²) in [6.07, 6.45) is 0.904. The molecule has 3 rings (SSSR count). The second kappa shape index (κ2) is 12.6. The molecule has 0 aliphatic heterocycles. The summed E-state index contributed by atoms with van der Waals surface area (Å²) < 4.78 is 5.85. The number of aromatic hydroxyl groups is 1. The Balaban J connectivity index is 0.00000240. The molecule has 0 saturated carbocycles. The van der Waals surface area contributed by atoms with Gasteiger partial charge in [0, 0.05) is 6.54 Å². The van der Waals surface area contributed by atoms with Crippen molar-refractivity contribution in [1.29, 1.82) is 0 Å². The molecule has 0 heterocycles. The number of rotatable bonds is 8. The Bertz CT molecular complexity index is 927. The Morgan fingerprint density at radius 1 is 0.774 bits per heavy atom. The third-order valence-electron chi connectivity index (χ3n) is 4.88. The van der Waals surface area contributed by atoms with Crippen molar-refractivity contribution >= 4 is 11.1 Å². The number of phenols is 1. The first kappa shape index (κ1) is 26.0. The fraction of sp³-hybridized carbons (Fsp3) is 0.286. The van der Waals surface area contributed by atoms with Crippen LogP contribution in [0.3, 0.4) is 0 Å². The quantitative estimate of drug-likeness (QED) is 0.400. The molecule has 3 nitrogen and oxygen atoms in total. The summed E-state index contributed by atoms with van der Waals surface area (Å²) in [5.41, 5.74) is 5.89. The molecule has 3 aromatic carbocycles. The van der Waals surface area contributed by atoms with Gasteiger partial charge in [-0.3, -0.25) is 0 Å². The zero-order chi connectivity index (χ0) is 20.6. The molecule has 0 aliphatic carbocycles. The summed E-state index contributed by atoms with van der Waals surface area (Å²) >= 11 is 0. The summed E-state index contributed by atoms with van der Waals surface area (Å²) in [6, 6.07) is 26.2. The summed E-state index contributed by atoms with van der Waals surface area (Å²) in [4.78, 5) is 2.10. The Hall–Kier alpha value is -3.04. The Labute approximate surface area is 188 Å². The van der Waals surface area contributed by atoms with Crippen LogP contribution in [0.25, 0.3) is 11.1 Å². The van der Waals surface area contributed by atoms with Crippen LogP contribution >= 0.6 is 0 Å². The highest BCUT2D eigenvalue weighted by molar-refractivity contribution is 5.98. The summed E-state index contributed by atoms with van der Waals surface area (Å²) in [7, 11) is 4.08. The minimum atomic E-state index is 0.